The van der Waals surface area contributed by atoms with Crippen molar-refractivity contribution in [1.82, 2.24) is 15.0 Å². The summed E-state index contributed by atoms with van der Waals surface area (Å²) in [5, 5.41) is 0.638. The number of hydrogen-bond donors (Lipinski definition) is 0. The molecule has 0 radical (unpaired) electrons. The van der Waals surface area contributed by atoms with Crippen molar-refractivity contribution in [3.8, 4) is 0 Å². The molecule has 110 valence electrons. The van der Waals surface area contributed by atoms with Crippen LogP contribution < -0.4 is 4.90 Å². The monoisotopic (exact) mass is 326 g/mol. The molecule has 0 bridgehead atoms. The van der Waals surface area contributed by atoms with Crippen LogP contribution in [0.1, 0.15) is 0 Å². The van der Waals surface area contributed by atoms with Crippen LogP contribution in [0.15, 0.2) is 34.3 Å². The van der Waals surface area contributed by atoms with Gasteiger partial charge >= 0.3 is 0 Å². The summed E-state index contributed by atoms with van der Waals surface area (Å²) in [6.45, 7) is 2.73. The maximum atomic E-state index is 12.9. The van der Waals surface area contributed by atoms with Gasteiger partial charge in [-0.3, -0.25) is 0 Å². The van der Waals surface area contributed by atoms with Crippen molar-refractivity contribution in [3.63, 3.8) is 0 Å². The van der Waals surface area contributed by atoms with Crippen molar-refractivity contribution in [2.24, 2.45) is 0 Å². The van der Waals surface area contributed by atoms with Gasteiger partial charge in [-0.1, -0.05) is 0 Å². The largest absolute Gasteiger partial charge is 0.378 e. The highest BCUT2D eigenvalue weighted by molar-refractivity contribution is 7.99. The van der Waals surface area contributed by atoms with Gasteiger partial charge < -0.3 is 9.64 Å². The third-order valence-corrected chi connectivity index (χ3v) is 3.93. The Morgan fingerprint density at radius 3 is 2.52 bits per heavy atom. The van der Waals surface area contributed by atoms with E-state index in [2.05, 4.69) is 15.0 Å². The number of morpholine rings is 1. The van der Waals surface area contributed by atoms with Crippen LogP contribution in [0.2, 0.25) is 5.28 Å². The van der Waals surface area contributed by atoms with Crippen molar-refractivity contribution >= 4 is 29.3 Å². The number of rotatable bonds is 3. The first-order valence-corrected chi connectivity index (χ1v) is 7.58. The van der Waals surface area contributed by atoms with Gasteiger partial charge in [0.25, 0.3) is 0 Å². The lowest BCUT2D eigenvalue weighted by Crippen LogP contribution is -2.37. The van der Waals surface area contributed by atoms with Crippen molar-refractivity contribution in [3.05, 3.63) is 35.4 Å². The lowest BCUT2D eigenvalue weighted by atomic mass is 10.4. The van der Waals surface area contributed by atoms with Crippen LogP contribution in [0.3, 0.4) is 0 Å². The molecule has 0 saturated carbocycles. The van der Waals surface area contributed by atoms with Crippen LogP contribution >= 0.6 is 23.4 Å². The molecule has 0 aliphatic carbocycles. The van der Waals surface area contributed by atoms with Gasteiger partial charge in [-0.15, -0.1) is 0 Å². The molecule has 1 aliphatic heterocycles. The fraction of sp³-hybridized carbons (Fsp3) is 0.308. The average Bonchev–Trinajstić information content (AvgIpc) is 2.50. The summed E-state index contributed by atoms with van der Waals surface area (Å²) in [5.41, 5.74) is 0. The minimum atomic E-state index is -0.276. The minimum absolute atomic E-state index is 0.149. The zero-order valence-electron chi connectivity index (χ0n) is 11.0. The number of benzene rings is 1. The molecular formula is C13H12ClFN4OS. The van der Waals surface area contributed by atoms with Crippen LogP contribution in [0.25, 0.3) is 0 Å². The Labute approximate surface area is 130 Å². The van der Waals surface area contributed by atoms with Crippen molar-refractivity contribution in [2.45, 2.75) is 10.1 Å². The van der Waals surface area contributed by atoms with Crippen LogP contribution in [-0.2, 0) is 4.74 Å². The van der Waals surface area contributed by atoms with Gasteiger partial charge in [0.2, 0.25) is 11.2 Å². The van der Waals surface area contributed by atoms with E-state index in [0.29, 0.717) is 24.3 Å². The maximum Gasteiger partial charge on any atom is 0.230 e. The highest BCUT2D eigenvalue weighted by Gasteiger charge is 2.16. The third kappa shape index (κ3) is 3.81. The maximum absolute atomic E-state index is 12.9. The van der Waals surface area contributed by atoms with Gasteiger partial charge in [-0.25, -0.2) is 4.39 Å². The molecule has 0 spiro atoms. The number of halogens is 2. The van der Waals surface area contributed by atoms with Gasteiger partial charge in [0, 0.05) is 18.0 Å². The number of ether oxygens (including phenoxy) is 1. The van der Waals surface area contributed by atoms with Crippen LogP contribution in [0.4, 0.5) is 10.3 Å². The van der Waals surface area contributed by atoms with E-state index in [-0.39, 0.29) is 11.1 Å². The van der Waals surface area contributed by atoms with Crippen molar-refractivity contribution in [2.75, 3.05) is 31.2 Å². The number of hydrogen-bond acceptors (Lipinski definition) is 6. The van der Waals surface area contributed by atoms with E-state index in [1.165, 1.54) is 23.9 Å². The summed E-state index contributed by atoms with van der Waals surface area (Å²) >= 11 is 7.28. The number of aromatic nitrogens is 3. The lowest BCUT2D eigenvalue weighted by Gasteiger charge is -2.26. The number of anilines is 1. The molecule has 8 heteroatoms. The molecular weight excluding hydrogens is 315 g/mol. The van der Waals surface area contributed by atoms with E-state index in [1.54, 1.807) is 12.1 Å². The van der Waals surface area contributed by atoms with Gasteiger partial charge in [0.05, 0.1) is 13.2 Å². The van der Waals surface area contributed by atoms with Crippen molar-refractivity contribution < 1.29 is 9.13 Å². The van der Waals surface area contributed by atoms with Gasteiger partial charge in [0.15, 0.2) is 5.16 Å². The smallest absolute Gasteiger partial charge is 0.230 e. The van der Waals surface area contributed by atoms with E-state index >= 15 is 0 Å². The molecule has 1 aliphatic rings. The zero-order valence-corrected chi connectivity index (χ0v) is 12.6. The molecule has 0 atom stereocenters. The Balaban J connectivity index is 1.81. The molecule has 1 aromatic carbocycles. The number of nitrogens with zero attached hydrogens (tertiary/aromatic N) is 4. The second kappa shape index (κ2) is 6.55. The third-order valence-electron chi connectivity index (χ3n) is 2.89. The molecule has 1 aromatic heterocycles. The predicted molar refractivity (Wildman–Crippen MR) is 78.4 cm³/mol. The highest BCUT2D eigenvalue weighted by atomic mass is 35.5. The molecule has 0 amide bonds. The lowest BCUT2D eigenvalue weighted by molar-refractivity contribution is 0.122. The Kier molecular flexibility index (Phi) is 4.52. The summed E-state index contributed by atoms with van der Waals surface area (Å²) in [7, 11) is 0. The van der Waals surface area contributed by atoms with Crippen LogP contribution in [-0.4, -0.2) is 41.3 Å². The van der Waals surface area contributed by atoms with E-state index in [1.807, 2.05) is 4.90 Å². The van der Waals surface area contributed by atoms with E-state index in [4.69, 9.17) is 16.3 Å². The predicted octanol–water partition coefficient (Wildman–Crippen LogP) is 2.65. The van der Waals surface area contributed by atoms with Crippen molar-refractivity contribution in [1.29, 1.82) is 0 Å². The fourth-order valence-corrected chi connectivity index (χ4v) is 2.83. The summed E-state index contributed by atoms with van der Waals surface area (Å²) in [6, 6.07) is 6.14. The Hall–Kier alpha value is -1.44. The van der Waals surface area contributed by atoms with E-state index < -0.39 is 0 Å². The minimum Gasteiger partial charge on any atom is -0.378 e. The van der Waals surface area contributed by atoms with E-state index in [9.17, 15) is 4.39 Å². The molecule has 2 aromatic rings. The summed E-state index contributed by atoms with van der Waals surface area (Å²) in [5.74, 6) is 0.268. The van der Waals surface area contributed by atoms with Gasteiger partial charge in [-0.05, 0) is 47.6 Å². The molecule has 0 N–H and O–H groups in total. The summed E-state index contributed by atoms with van der Waals surface area (Å²) in [6.07, 6.45) is 0. The summed E-state index contributed by atoms with van der Waals surface area (Å²) < 4.78 is 18.2. The Bertz CT molecular complexity index is 622. The quantitative estimate of drug-likeness (QED) is 0.864. The van der Waals surface area contributed by atoms with E-state index in [0.717, 1.165) is 18.0 Å². The van der Waals surface area contributed by atoms with Crippen LogP contribution in [0.5, 0.6) is 0 Å². The Morgan fingerprint density at radius 2 is 1.81 bits per heavy atom. The molecule has 2 heterocycles. The molecule has 1 fully saturated rings. The fourth-order valence-electron chi connectivity index (χ4n) is 1.88. The first-order chi connectivity index (χ1) is 10.2. The Morgan fingerprint density at radius 1 is 1.10 bits per heavy atom. The molecule has 3 rings (SSSR count). The second-order valence-corrected chi connectivity index (χ2v) is 5.72. The molecule has 1 saturated heterocycles. The standard InChI is InChI=1S/C13H12ClFN4OS/c14-11-16-12(19-5-7-20-8-6-19)18-13(17-11)21-10-3-1-9(15)2-4-10/h1-4H,5-8H2. The molecule has 5 nitrogen and oxygen atoms in total. The SMILES string of the molecule is Fc1ccc(Sc2nc(Cl)nc(N3CCOCC3)n2)cc1. The second-order valence-electron chi connectivity index (χ2n) is 4.34. The highest BCUT2D eigenvalue weighted by Crippen LogP contribution is 2.26. The normalized spacial score (nSPS) is 15.2. The molecule has 0 unspecified atom stereocenters. The zero-order chi connectivity index (χ0) is 14.7. The topological polar surface area (TPSA) is 51.1 Å². The van der Waals surface area contributed by atoms with Gasteiger partial charge in [-0.2, -0.15) is 15.0 Å². The van der Waals surface area contributed by atoms with Crippen LogP contribution in [0, 0.1) is 5.82 Å². The van der Waals surface area contributed by atoms with Gasteiger partial charge in [0.1, 0.15) is 5.82 Å². The first-order valence-electron chi connectivity index (χ1n) is 6.38. The molecule has 21 heavy (non-hydrogen) atoms. The first kappa shape index (κ1) is 14.5. The summed E-state index contributed by atoms with van der Waals surface area (Å²) in [4.78, 5) is 15.5. The average molecular weight is 327 g/mol.